The van der Waals surface area contributed by atoms with E-state index in [0.29, 0.717) is 33.6 Å². The fraction of sp³-hybridized carbons (Fsp3) is 0.0417. The van der Waals surface area contributed by atoms with Gasteiger partial charge in [0.1, 0.15) is 5.58 Å². The number of nitrogens with one attached hydrogen (secondary N) is 2. The first-order chi connectivity index (χ1) is 14.5. The first kappa shape index (κ1) is 19.1. The van der Waals surface area contributed by atoms with Crippen LogP contribution in [0.5, 0.6) is 0 Å². The van der Waals surface area contributed by atoms with Crippen LogP contribution in [0, 0.1) is 0 Å². The number of carbonyl (C=O) groups is 2. The summed E-state index contributed by atoms with van der Waals surface area (Å²) in [5.41, 5.74) is 2.93. The second-order valence-corrected chi connectivity index (χ2v) is 6.78. The van der Waals surface area contributed by atoms with Gasteiger partial charge in [-0.05, 0) is 54.1 Å². The molecule has 0 aliphatic heterocycles. The van der Waals surface area contributed by atoms with Crippen LogP contribution in [0.1, 0.15) is 17.3 Å². The lowest BCUT2D eigenvalue weighted by molar-refractivity contribution is -0.114. The second-order valence-electron chi connectivity index (χ2n) is 6.78. The van der Waals surface area contributed by atoms with Crippen molar-refractivity contribution in [2.45, 2.75) is 6.92 Å². The molecular weight excluding hydrogens is 380 g/mol. The maximum Gasteiger partial charge on any atom is 0.344 e. The molecule has 0 bridgehead atoms. The number of anilines is 2. The first-order valence-corrected chi connectivity index (χ1v) is 9.32. The van der Waals surface area contributed by atoms with Gasteiger partial charge in [0.25, 0.3) is 5.91 Å². The Morgan fingerprint density at radius 3 is 2.10 bits per heavy atom. The Labute approximate surface area is 172 Å². The van der Waals surface area contributed by atoms with Crippen molar-refractivity contribution in [1.82, 2.24) is 0 Å². The minimum absolute atomic E-state index is 0.160. The normalized spacial score (nSPS) is 10.6. The molecule has 0 atom stereocenters. The minimum atomic E-state index is -0.426. The lowest BCUT2D eigenvalue weighted by Crippen LogP contribution is -2.12. The van der Waals surface area contributed by atoms with E-state index in [0.717, 1.165) is 5.39 Å². The minimum Gasteiger partial charge on any atom is -0.422 e. The topological polar surface area (TPSA) is 88.4 Å². The zero-order valence-corrected chi connectivity index (χ0v) is 16.1. The average molecular weight is 398 g/mol. The summed E-state index contributed by atoms with van der Waals surface area (Å²) in [5.74, 6) is -0.438. The van der Waals surface area contributed by atoms with E-state index in [1.165, 1.54) is 6.92 Å². The molecule has 148 valence electrons. The highest BCUT2D eigenvalue weighted by molar-refractivity contribution is 6.04. The molecule has 1 aromatic heterocycles. The zero-order valence-electron chi connectivity index (χ0n) is 16.1. The number of para-hydroxylation sites is 1. The predicted molar refractivity (Wildman–Crippen MR) is 117 cm³/mol. The molecule has 30 heavy (non-hydrogen) atoms. The van der Waals surface area contributed by atoms with Crippen molar-refractivity contribution in [3.63, 3.8) is 0 Å². The summed E-state index contributed by atoms with van der Waals surface area (Å²) in [6, 6.07) is 22.7. The van der Waals surface area contributed by atoms with Gasteiger partial charge in [0.2, 0.25) is 5.91 Å². The number of amides is 2. The molecule has 0 unspecified atom stereocenters. The van der Waals surface area contributed by atoms with Crippen molar-refractivity contribution >= 4 is 34.2 Å². The van der Waals surface area contributed by atoms with Gasteiger partial charge >= 0.3 is 5.63 Å². The number of benzene rings is 3. The summed E-state index contributed by atoms with van der Waals surface area (Å²) < 4.78 is 5.38. The molecule has 4 rings (SSSR count). The Bertz CT molecular complexity index is 1290. The molecule has 4 aromatic rings. The number of hydrogen-bond acceptors (Lipinski definition) is 4. The van der Waals surface area contributed by atoms with Gasteiger partial charge in [-0.25, -0.2) is 4.79 Å². The number of rotatable bonds is 4. The number of fused-ring (bicyclic) bond motifs is 1. The SMILES string of the molecule is CC(=O)Nc1ccc(NC(=O)c2ccc(-c3cc4ccccc4oc3=O)cc2)cc1. The highest BCUT2D eigenvalue weighted by atomic mass is 16.4. The molecule has 2 amide bonds. The van der Waals surface area contributed by atoms with E-state index in [9.17, 15) is 14.4 Å². The van der Waals surface area contributed by atoms with Crippen LogP contribution in [-0.2, 0) is 4.79 Å². The zero-order chi connectivity index (χ0) is 21.1. The van der Waals surface area contributed by atoms with Gasteiger partial charge in [-0.3, -0.25) is 9.59 Å². The third-order valence-electron chi connectivity index (χ3n) is 4.56. The summed E-state index contributed by atoms with van der Waals surface area (Å²) in [6.45, 7) is 1.43. The molecule has 6 heteroatoms. The van der Waals surface area contributed by atoms with Crippen LogP contribution in [0.25, 0.3) is 22.1 Å². The largest absolute Gasteiger partial charge is 0.422 e. The Hall–Kier alpha value is -4.19. The second kappa shape index (κ2) is 8.05. The maximum atomic E-state index is 12.5. The molecule has 0 saturated carbocycles. The summed E-state index contributed by atoms with van der Waals surface area (Å²) in [5, 5.41) is 6.30. The molecule has 0 aliphatic carbocycles. The van der Waals surface area contributed by atoms with Crippen LogP contribution >= 0.6 is 0 Å². The van der Waals surface area contributed by atoms with Gasteiger partial charge in [0.15, 0.2) is 0 Å². The Morgan fingerprint density at radius 1 is 0.800 bits per heavy atom. The highest BCUT2D eigenvalue weighted by Gasteiger charge is 2.10. The fourth-order valence-electron chi connectivity index (χ4n) is 3.11. The summed E-state index contributed by atoms with van der Waals surface area (Å²) >= 11 is 0. The van der Waals surface area contributed by atoms with Crippen molar-refractivity contribution in [1.29, 1.82) is 0 Å². The van der Waals surface area contributed by atoms with Crippen molar-refractivity contribution < 1.29 is 14.0 Å². The van der Waals surface area contributed by atoms with Gasteiger partial charge in [0, 0.05) is 29.2 Å². The Morgan fingerprint density at radius 2 is 1.43 bits per heavy atom. The van der Waals surface area contributed by atoms with Gasteiger partial charge < -0.3 is 15.1 Å². The summed E-state index contributed by atoms with van der Waals surface area (Å²) in [7, 11) is 0. The highest BCUT2D eigenvalue weighted by Crippen LogP contribution is 2.22. The third-order valence-corrected chi connectivity index (χ3v) is 4.56. The van der Waals surface area contributed by atoms with Crippen LogP contribution < -0.4 is 16.3 Å². The molecule has 6 nitrogen and oxygen atoms in total. The van der Waals surface area contributed by atoms with E-state index in [1.54, 1.807) is 60.7 Å². The number of hydrogen-bond donors (Lipinski definition) is 2. The maximum absolute atomic E-state index is 12.5. The van der Waals surface area contributed by atoms with Gasteiger partial charge in [0.05, 0.1) is 5.56 Å². The molecular formula is C24H18N2O4. The van der Waals surface area contributed by atoms with Crippen molar-refractivity contribution in [3.05, 3.63) is 94.8 Å². The van der Waals surface area contributed by atoms with Gasteiger partial charge in [-0.2, -0.15) is 0 Å². The lowest BCUT2D eigenvalue weighted by Gasteiger charge is -2.08. The quantitative estimate of drug-likeness (QED) is 0.489. The standard InChI is InChI=1S/C24H18N2O4/c1-15(27)25-19-10-12-20(13-11-19)26-23(28)17-8-6-16(7-9-17)21-14-18-4-2-3-5-22(18)30-24(21)29/h2-14H,1H3,(H,25,27)(H,26,28). The van der Waals surface area contributed by atoms with Crippen LogP contribution in [0.2, 0.25) is 0 Å². The average Bonchev–Trinajstić information content (AvgIpc) is 2.74. The van der Waals surface area contributed by atoms with E-state index >= 15 is 0 Å². The molecule has 0 saturated heterocycles. The molecule has 0 aliphatic rings. The summed E-state index contributed by atoms with van der Waals surface area (Å²) in [4.78, 5) is 35.9. The number of carbonyl (C=O) groups excluding carboxylic acids is 2. The van der Waals surface area contributed by atoms with Crippen molar-refractivity contribution in [2.24, 2.45) is 0 Å². The van der Waals surface area contributed by atoms with E-state index in [4.69, 9.17) is 4.42 Å². The smallest absolute Gasteiger partial charge is 0.344 e. The van der Waals surface area contributed by atoms with Crippen molar-refractivity contribution in [3.8, 4) is 11.1 Å². The Kier molecular flexibility index (Phi) is 5.13. The molecule has 0 spiro atoms. The summed E-state index contributed by atoms with van der Waals surface area (Å²) in [6.07, 6.45) is 0. The van der Waals surface area contributed by atoms with Crippen LogP contribution in [-0.4, -0.2) is 11.8 Å². The van der Waals surface area contributed by atoms with E-state index in [1.807, 2.05) is 18.2 Å². The van der Waals surface area contributed by atoms with E-state index in [-0.39, 0.29) is 11.8 Å². The van der Waals surface area contributed by atoms with Crippen LogP contribution in [0.3, 0.4) is 0 Å². The molecule has 0 radical (unpaired) electrons. The first-order valence-electron chi connectivity index (χ1n) is 9.32. The third kappa shape index (κ3) is 4.12. The van der Waals surface area contributed by atoms with Crippen LogP contribution in [0.15, 0.2) is 88.1 Å². The fourth-order valence-corrected chi connectivity index (χ4v) is 3.11. The molecule has 1 heterocycles. The van der Waals surface area contributed by atoms with Gasteiger partial charge in [-0.15, -0.1) is 0 Å². The molecule has 0 fully saturated rings. The molecule has 3 aromatic carbocycles. The van der Waals surface area contributed by atoms with Gasteiger partial charge in [-0.1, -0.05) is 30.3 Å². The van der Waals surface area contributed by atoms with E-state index < -0.39 is 5.63 Å². The predicted octanol–water partition coefficient (Wildman–Crippen LogP) is 4.67. The van der Waals surface area contributed by atoms with E-state index in [2.05, 4.69) is 10.6 Å². The lowest BCUT2D eigenvalue weighted by atomic mass is 10.0. The van der Waals surface area contributed by atoms with Crippen molar-refractivity contribution in [2.75, 3.05) is 10.6 Å². The Balaban J connectivity index is 1.52. The van der Waals surface area contributed by atoms with Crippen LogP contribution in [0.4, 0.5) is 11.4 Å². The molecule has 2 N–H and O–H groups in total. The monoisotopic (exact) mass is 398 g/mol.